The van der Waals surface area contributed by atoms with E-state index in [1.165, 1.54) is 6.92 Å². The first-order chi connectivity index (χ1) is 12.9. The summed E-state index contributed by atoms with van der Waals surface area (Å²) in [5.41, 5.74) is 0.881. The number of fused-ring (bicyclic) bond motifs is 1. The van der Waals surface area contributed by atoms with E-state index in [9.17, 15) is 13.2 Å². The highest BCUT2D eigenvalue weighted by atomic mass is 32.2. The Morgan fingerprint density at radius 1 is 1.15 bits per heavy atom. The van der Waals surface area contributed by atoms with Crippen LogP contribution in [0.4, 0.5) is 11.4 Å². The number of nitrogens with one attached hydrogen (secondary N) is 1. The van der Waals surface area contributed by atoms with Crippen LogP contribution < -0.4 is 23.8 Å². The van der Waals surface area contributed by atoms with Crippen LogP contribution in [-0.4, -0.2) is 40.5 Å². The van der Waals surface area contributed by atoms with E-state index >= 15 is 0 Å². The average Bonchev–Trinajstić information content (AvgIpc) is 3.14. The minimum Gasteiger partial charge on any atom is -0.497 e. The predicted molar refractivity (Wildman–Crippen MR) is 101 cm³/mol. The molecular formula is C18H20N2O6S. The molecule has 1 aliphatic heterocycles. The fourth-order valence-corrected chi connectivity index (χ4v) is 3.61. The summed E-state index contributed by atoms with van der Waals surface area (Å²) in [7, 11) is -2.12. The lowest BCUT2D eigenvalue weighted by Crippen LogP contribution is -2.39. The van der Waals surface area contributed by atoms with Crippen LogP contribution in [0.15, 0.2) is 42.5 Å². The second-order valence-corrected chi connectivity index (χ2v) is 7.90. The van der Waals surface area contributed by atoms with E-state index in [4.69, 9.17) is 14.2 Å². The van der Waals surface area contributed by atoms with Gasteiger partial charge in [-0.1, -0.05) is 0 Å². The van der Waals surface area contributed by atoms with Crippen LogP contribution >= 0.6 is 0 Å². The van der Waals surface area contributed by atoms with Crippen LogP contribution in [0.25, 0.3) is 0 Å². The van der Waals surface area contributed by atoms with Gasteiger partial charge in [-0.2, -0.15) is 0 Å². The number of hydrogen-bond acceptors (Lipinski definition) is 6. The highest BCUT2D eigenvalue weighted by Crippen LogP contribution is 2.36. The molecule has 2 aromatic carbocycles. The van der Waals surface area contributed by atoms with Crippen LogP contribution in [0.1, 0.15) is 6.92 Å². The van der Waals surface area contributed by atoms with Crippen molar-refractivity contribution >= 4 is 27.3 Å². The molecule has 0 saturated carbocycles. The second kappa shape index (κ2) is 7.75. The summed E-state index contributed by atoms with van der Waals surface area (Å²) in [4.78, 5) is 12.4. The van der Waals surface area contributed by atoms with Crippen LogP contribution in [0.3, 0.4) is 0 Å². The summed E-state index contributed by atoms with van der Waals surface area (Å²) >= 11 is 0. The number of methoxy groups -OCH3 is 1. The maximum absolute atomic E-state index is 12.5. The summed E-state index contributed by atoms with van der Waals surface area (Å²) < 4.78 is 41.7. The second-order valence-electron chi connectivity index (χ2n) is 5.72. The van der Waals surface area contributed by atoms with Gasteiger partial charge in [0.05, 0.1) is 18.6 Å². The van der Waals surface area contributed by atoms with Crippen molar-refractivity contribution in [3.05, 3.63) is 42.5 Å². The molecule has 0 spiro atoms. The fraction of sp³-hybridized carbons (Fsp3) is 0.278. The molecule has 27 heavy (non-hydrogen) atoms. The largest absolute Gasteiger partial charge is 0.497 e. The summed E-state index contributed by atoms with van der Waals surface area (Å²) in [6.07, 6.45) is 0. The molecule has 9 heteroatoms. The van der Waals surface area contributed by atoms with E-state index in [1.54, 1.807) is 49.6 Å². The van der Waals surface area contributed by atoms with Gasteiger partial charge < -0.3 is 19.5 Å². The lowest BCUT2D eigenvalue weighted by Gasteiger charge is -2.23. The first-order valence-corrected chi connectivity index (χ1v) is 9.88. The lowest BCUT2D eigenvalue weighted by atomic mass is 10.2. The van der Waals surface area contributed by atoms with Crippen molar-refractivity contribution in [3.8, 4) is 17.2 Å². The smallest absolute Gasteiger partial charge is 0.245 e. The minimum atomic E-state index is -3.67. The number of amides is 1. The Morgan fingerprint density at radius 3 is 2.52 bits per heavy atom. The van der Waals surface area contributed by atoms with Gasteiger partial charge in [-0.3, -0.25) is 9.10 Å². The SMILES string of the molecule is CCS(=O)(=O)N(CC(=O)Nc1ccc(OC)cc1)c1ccc2c(c1)OCO2. The van der Waals surface area contributed by atoms with Gasteiger partial charge in [0.1, 0.15) is 12.3 Å². The number of nitrogens with zero attached hydrogens (tertiary/aromatic N) is 1. The molecular weight excluding hydrogens is 372 g/mol. The predicted octanol–water partition coefficient (Wildman–Crippen LogP) is 2.22. The van der Waals surface area contributed by atoms with Crippen LogP contribution in [0.2, 0.25) is 0 Å². The van der Waals surface area contributed by atoms with Crippen LogP contribution in [-0.2, 0) is 14.8 Å². The van der Waals surface area contributed by atoms with Crippen LogP contribution in [0, 0.1) is 0 Å². The number of ether oxygens (including phenoxy) is 3. The van der Waals surface area contributed by atoms with Gasteiger partial charge in [0.2, 0.25) is 22.7 Å². The van der Waals surface area contributed by atoms with Crippen molar-refractivity contribution in [1.29, 1.82) is 0 Å². The molecule has 1 N–H and O–H groups in total. The molecule has 1 aliphatic rings. The Kier molecular flexibility index (Phi) is 5.41. The molecule has 144 valence electrons. The van der Waals surface area contributed by atoms with Gasteiger partial charge in [-0.05, 0) is 43.3 Å². The molecule has 0 bridgehead atoms. The van der Waals surface area contributed by atoms with Gasteiger partial charge in [-0.15, -0.1) is 0 Å². The molecule has 2 aromatic rings. The van der Waals surface area contributed by atoms with Gasteiger partial charge in [-0.25, -0.2) is 8.42 Å². The first-order valence-electron chi connectivity index (χ1n) is 8.27. The van der Waals surface area contributed by atoms with E-state index < -0.39 is 15.9 Å². The van der Waals surface area contributed by atoms with E-state index in [-0.39, 0.29) is 19.1 Å². The summed E-state index contributed by atoms with van der Waals surface area (Å²) in [6, 6.07) is 11.5. The fourth-order valence-electron chi connectivity index (χ4n) is 2.55. The van der Waals surface area contributed by atoms with Crippen LogP contribution in [0.5, 0.6) is 17.2 Å². The first kappa shape index (κ1) is 18.8. The number of sulfonamides is 1. The minimum absolute atomic E-state index is 0.0806. The molecule has 0 unspecified atom stereocenters. The summed E-state index contributed by atoms with van der Waals surface area (Å²) in [5, 5.41) is 2.69. The van der Waals surface area contributed by atoms with E-state index in [2.05, 4.69) is 5.32 Å². The number of benzene rings is 2. The molecule has 8 nitrogen and oxygen atoms in total. The maximum Gasteiger partial charge on any atom is 0.245 e. The molecule has 0 aromatic heterocycles. The Morgan fingerprint density at radius 2 is 1.85 bits per heavy atom. The van der Waals surface area contributed by atoms with E-state index in [0.29, 0.717) is 28.6 Å². The zero-order chi connectivity index (χ0) is 19.4. The number of carbonyl (C=O) groups is 1. The Labute approximate surface area is 157 Å². The Hall–Kier alpha value is -2.94. The van der Waals surface area contributed by atoms with Gasteiger partial charge >= 0.3 is 0 Å². The third kappa shape index (κ3) is 4.25. The third-order valence-corrected chi connectivity index (χ3v) is 5.75. The number of anilines is 2. The highest BCUT2D eigenvalue weighted by Gasteiger charge is 2.25. The standard InChI is InChI=1S/C18H20N2O6S/c1-3-27(22,23)20(14-6-9-16-17(10-14)26-12-25-16)11-18(21)19-13-4-7-15(24-2)8-5-13/h4-10H,3,11-12H2,1-2H3,(H,19,21). The number of hydrogen-bond donors (Lipinski definition) is 1. The quantitative estimate of drug-likeness (QED) is 0.777. The van der Waals surface area contributed by atoms with Gasteiger partial charge in [0, 0.05) is 11.8 Å². The molecule has 1 amide bonds. The van der Waals surface area contributed by atoms with E-state index in [1.807, 2.05) is 0 Å². The topological polar surface area (TPSA) is 94.2 Å². The van der Waals surface area contributed by atoms with E-state index in [0.717, 1.165) is 4.31 Å². The van der Waals surface area contributed by atoms with Gasteiger partial charge in [0.25, 0.3) is 0 Å². The summed E-state index contributed by atoms with van der Waals surface area (Å²) in [5.74, 6) is 1.03. The molecule has 0 radical (unpaired) electrons. The Bertz CT molecular complexity index is 927. The lowest BCUT2D eigenvalue weighted by molar-refractivity contribution is -0.114. The highest BCUT2D eigenvalue weighted by molar-refractivity contribution is 7.92. The monoisotopic (exact) mass is 392 g/mol. The van der Waals surface area contributed by atoms with Crippen molar-refractivity contribution in [2.45, 2.75) is 6.92 Å². The van der Waals surface area contributed by atoms with Crippen molar-refractivity contribution in [2.75, 3.05) is 35.8 Å². The van der Waals surface area contributed by atoms with Gasteiger partial charge in [0.15, 0.2) is 11.5 Å². The maximum atomic E-state index is 12.5. The third-order valence-electron chi connectivity index (χ3n) is 4.01. The van der Waals surface area contributed by atoms with Crippen molar-refractivity contribution in [1.82, 2.24) is 0 Å². The molecule has 3 rings (SSSR count). The van der Waals surface area contributed by atoms with Crippen molar-refractivity contribution < 1.29 is 27.4 Å². The number of carbonyl (C=O) groups excluding carboxylic acids is 1. The zero-order valence-electron chi connectivity index (χ0n) is 15.0. The van der Waals surface area contributed by atoms with Crippen molar-refractivity contribution in [2.24, 2.45) is 0 Å². The molecule has 0 fully saturated rings. The average molecular weight is 392 g/mol. The zero-order valence-corrected chi connectivity index (χ0v) is 15.8. The summed E-state index contributed by atoms with van der Waals surface area (Å²) in [6.45, 7) is 1.25. The molecule has 0 saturated heterocycles. The van der Waals surface area contributed by atoms with Crippen molar-refractivity contribution in [3.63, 3.8) is 0 Å². The molecule has 1 heterocycles. The molecule has 0 aliphatic carbocycles. The molecule has 0 atom stereocenters. The Balaban J connectivity index is 1.80. The number of rotatable bonds is 7. The normalized spacial score (nSPS) is 12.5.